The molecule has 0 saturated carbocycles. The summed E-state index contributed by atoms with van der Waals surface area (Å²) in [4.78, 5) is 8.41. The fourth-order valence-electron chi connectivity index (χ4n) is 1.31. The van der Waals surface area contributed by atoms with Crippen LogP contribution in [0.15, 0.2) is 35.1 Å². The largest absolute Gasteiger partial charge is 0.495 e. The van der Waals surface area contributed by atoms with E-state index in [-0.39, 0.29) is 0 Å². The van der Waals surface area contributed by atoms with Crippen LogP contribution in [-0.4, -0.2) is 17.1 Å². The summed E-state index contributed by atoms with van der Waals surface area (Å²) in [6.07, 6.45) is 1.67. The lowest BCUT2D eigenvalue weighted by Gasteiger charge is -2.07. The van der Waals surface area contributed by atoms with Gasteiger partial charge in [0.05, 0.1) is 12.1 Å². The molecule has 2 aromatic rings. The first-order valence-electron chi connectivity index (χ1n) is 4.54. The zero-order chi connectivity index (χ0) is 11.5. The van der Waals surface area contributed by atoms with E-state index in [2.05, 4.69) is 25.9 Å². The average Bonchev–Trinajstić information content (AvgIpc) is 2.29. The maximum absolute atomic E-state index is 6.18. The number of rotatable bonds is 2. The molecule has 82 valence electrons. The number of benzene rings is 1. The lowest BCUT2D eigenvalue weighted by Crippen LogP contribution is -1.91. The van der Waals surface area contributed by atoms with Crippen LogP contribution in [0.4, 0.5) is 0 Å². The van der Waals surface area contributed by atoms with E-state index in [1.54, 1.807) is 25.4 Å². The van der Waals surface area contributed by atoms with E-state index in [0.29, 0.717) is 16.6 Å². The van der Waals surface area contributed by atoms with Crippen LogP contribution in [0.25, 0.3) is 11.4 Å². The summed E-state index contributed by atoms with van der Waals surface area (Å²) in [5.41, 5.74) is 0.752. The molecule has 0 N–H and O–H groups in total. The van der Waals surface area contributed by atoms with Crippen LogP contribution in [0.5, 0.6) is 5.75 Å². The number of ether oxygens (including phenoxy) is 1. The predicted molar refractivity (Wildman–Crippen MR) is 66.7 cm³/mol. The highest BCUT2D eigenvalue weighted by Crippen LogP contribution is 2.33. The molecule has 0 fully saturated rings. The minimum absolute atomic E-state index is 0.517. The Kier molecular flexibility index (Phi) is 3.41. The maximum Gasteiger partial charge on any atom is 0.162 e. The quantitative estimate of drug-likeness (QED) is 0.795. The lowest BCUT2D eigenvalue weighted by molar-refractivity contribution is 0.415. The molecule has 0 amide bonds. The molecule has 0 radical (unpaired) electrons. The van der Waals surface area contributed by atoms with Gasteiger partial charge < -0.3 is 4.74 Å². The topological polar surface area (TPSA) is 35.0 Å². The molecule has 0 bridgehead atoms. The van der Waals surface area contributed by atoms with E-state index in [9.17, 15) is 0 Å². The van der Waals surface area contributed by atoms with Gasteiger partial charge in [-0.05, 0) is 34.1 Å². The Hall–Kier alpha value is -1.13. The normalized spacial score (nSPS) is 10.2. The van der Waals surface area contributed by atoms with Crippen molar-refractivity contribution in [1.82, 2.24) is 9.97 Å². The van der Waals surface area contributed by atoms with E-state index < -0.39 is 0 Å². The van der Waals surface area contributed by atoms with Crippen LogP contribution < -0.4 is 4.74 Å². The number of nitrogens with zero attached hydrogens (tertiary/aromatic N) is 2. The molecule has 1 aromatic carbocycles. The fraction of sp³-hybridized carbons (Fsp3) is 0.0909. The molecule has 0 unspecified atom stereocenters. The molecule has 2 rings (SSSR count). The monoisotopic (exact) mass is 298 g/mol. The van der Waals surface area contributed by atoms with Gasteiger partial charge in [-0.15, -0.1) is 0 Å². The van der Waals surface area contributed by atoms with Crippen molar-refractivity contribution in [3.8, 4) is 17.1 Å². The minimum atomic E-state index is 0.517. The Labute approximate surface area is 107 Å². The summed E-state index contributed by atoms with van der Waals surface area (Å²) in [6, 6.07) is 7.26. The summed E-state index contributed by atoms with van der Waals surface area (Å²) < 4.78 is 5.86. The van der Waals surface area contributed by atoms with Crippen LogP contribution in [-0.2, 0) is 0 Å². The second-order valence-electron chi connectivity index (χ2n) is 3.02. The minimum Gasteiger partial charge on any atom is -0.495 e. The third-order valence-corrected chi connectivity index (χ3v) is 2.88. The Morgan fingerprint density at radius 1 is 1.31 bits per heavy atom. The van der Waals surface area contributed by atoms with Gasteiger partial charge in [0.15, 0.2) is 5.82 Å². The SMILES string of the molecule is COc1cccc(-c2nccc(Br)n2)c1Cl. The highest BCUT2D eigenvalue weighted by molar-refractivity contribution is 9.10. The van der Waals surface area contributed by atoms with E-state index in [1.165, 1.54) is 0 Å². The molecule has 0 atom stereocenters. The maximum atomic E-state index is 6.18. The molecule has 3 nitrogen and oxygen atoms in total. The van der Waals surface area contributed by atoms with Gasteiger partial charge in [0.2, 0.25) is 0 Å². The van der Waals surface area contributed by atoms with Crippen LogP contribution in [0.3, 0.4) is 0 Å². The standard InChI is InChI=1S/C11H8BrClN2O/c1-16-8-4-2-3-7(10(8)13)11-14-6-5-9(12)15-11/h2-6H,1H3. The summed E-state index contributed by atoms with van der Waals surface area (Å²) in [7, 11) is 1.58. The fourth-order valence-corrected chi connectivity index (χ4v) is 1.88. The van der Waals surface area contributed by atoms with Gasteiger partial charge in [-0.25, -0.2) is 9.97 Å². The van der Waals surface area contributed by atoms with Gasteiger partial charge in [-0.3, -0.25) is 0 Å². The van der Waals surface area contributed by atoms with E-state index >= 15 is 0 Å². The van der Waals surface area contributed by atoms with Crippen LogP contribution in [0.2, 0.25) is 5.02 Å². The van der Waals surface area contributed by atoms with Gasteiger partial charge >= 0.3 is 0 Å². The van der Waals surface area contributed by atoms with Gasteiger partial charge in [0.25, 0.3) is 0 Å². The van der Waals surface area contributed by atoms with Crippen molar-refractivity contribution < 1.29 is 4.74 Å². The molecule has 1 aromatic heterocycles. The molecule has 5 heteroatoms. The first-order chi connectivity index (χ1) is 7.72. The Morgan fingerprint density at radius 2 is 2.12 bits per heavy atom. The predicted octanol–water partition coefficient (Wildman–Crippen LogP) is 3.57. The molecular weight excluding hydrogens is 291 g/mol. The van der Waals surface area contributed by atoms with Gasteiger partial charge in [0.1, 0.15) is 10.4 Å². The molecule has 0 aliphatic carbocycles. The van der Waals surface area contributed by atoms with E-state index in [1.807, 2.05) is 12.1 Å². The Balaban J connectivity index is 2.56. The van der Waals surface area contributed by atoms with E-state index in [0.717, 1.165) is 10.2 Å². The summed E-state index contributed by atoms with van der Waals surface area (Å²) in [5.74, 6) is 1.18. The number of hydrogen-bond acceptors (Lipinski definition) is 3. The van der Waals surface area contributed by atoms with Crippen molar-refractivity contribution in [3.05, 3.63) is 40.1 Å². The molecule has 0 spiro atoms. The summed E-state index contributed by atoms with van der Waals surface area (Å²) in [6.45, 7) is 0. The first-order valence-corrected chi connectivity index (χ1v) is 5.71. The third-order valence-electron chi connectivity index (χ3n) is 2.05. The molecule has 0 saturated heterocycles. The highest BCUT2D eigenvalue weighted by atomic mass is 79.9. The van der Waals surface area contributed by atoms with Crippen LogP contribution >= 0.6 is 27.5 Å². The van der Waals surface area contributed by atoms with Gasteiger partial charge in [-0.1, -0.05) is 17.7 Å². The van der Waals surface area contributed by atoms with Crippen LogP contribution in [0, 0.1) is 0 Å². The van der Waals surface area contributed by atoms with E-state index in [4.69, 9.17) is 16.3 Å². The van der Waals surface area contributed by atoms with Crippen molar-refractivity contribution in [3.63, 3.8) is 0 Å². The average molecular weight is 300 g/mol. The molecule has 1 heterocycles. The van der Waals surface area contributed by atoms with Crippen LogP contribution in [0.1, 0.15) is 0 Å². The van der Waals surface area contributed by atoms with Crippen molar-refractivity contribution >= 4 is 27.5 Å². The zero-order valence-corrected chi connectivity index (χ0v) is 10.8. The number of halogens is 2. The van der Waals surface area contributed by atoms with Crippen molar-refractivity contribution in [2.45, 2.75) is 0 Å². The number of aromatic nitrogens is 2. The summed E-state index contributed by atoms with van der Waals surface area (Å²) >= 11 is 9.47. The second-order valence-corrected chi connectivity index (χ2v) is 4.22. The zero-order valence-electron chi connectivity index (χ0n) is 8.45. The number of methoxy groups -OCH3 is 1. The number of hydrogen-bond donors (Lipinski definition) is 0. The Morgan fingerprint density at radius 3 is 2.81 bits per heavy atom. The van der Waals surface area contributed by atoms with Gasteiger partial charge in [-0.2, -0.15) is 0 Å². The third kappa shape index (κ3) is 2.18. The molecular formula is C11H8BrClN2O. The lowest BCUT2D eigenvalue weighted by atomic mass is 10.2. The second kappa shape index (κ2) is 4.80. The smallest absolute Gasteiger partial charge is 0.162 e. The first kappa shape index (κ1) is 11.4. The highest BCUT2D eigenvalue weighted by Gasteiger charge is 2.10. The summed E-state index contributed by atoms with van der Waals surface area (Å²) in [5, 5.41) is 0.517. The molecule has 0 aliphatic heterocycles. The Bertz CT molecular complexity index is 519. The van der Waals surface area contributed by atoms with Crippen molar-refractivity contribution in [2.75, 3.05) is 7.11 Å². The molecule has 16 heavy (non-hydrogen) atoms. The molecule has 0 aliphatic rings. The van der Waals surface area contributed by atoms with Crippen molar-refractivity contribution in [2.24, 2.45) is 0 Å². The van der Waals surface area contributed by atoms with Gasteiger partial charge in [0, 0.05) is 11.8 Å². The van der Waals surface area contributed by atoms with Crippen molar-refractivity contribution in [1.29, 1.82) is 0 Å².